The molecule has 7 nitrogen and oxygen atoms in total. The van der Waals surface area contributed by atoms with Crippen LogP contribution in [-0.2, 0) is 0 Å². The Kier molecular flexibility index (Phi) is 4.51. The molecule has 0 radical (unpaired) electrons. The van der Waals surface area contributed by atoms with E-state index in [0.29, 0.717) is 28.6 Å². The summed E-state index contributed by atoms with van der Waals surface area (Å²) in [5.74, 6) is 0.987. The maximum absolute atomic E-state index is 13.4. The van der Waals surface area contributed by atoms with E-state index in [4.69, 9.17) is 4.42 Å². The predicted octanol–water partition coefficient (Wildman–Crippen LogP) is 4.75. The number of fused-ring (bicyclic) bond motifs is 1. The average Bonchev–Trinajstić information content (AvgIpc) is 3.39. The van der Waals surface area contributed by atoms with E-state index in [1.165, 1.54) is 18.2 Å². The van der Waals surface area contributed by atoms with Crippen molar-refractivity contribution in [1.29, 1.82) is 0 Å². The van der Waals surface area contributed by atoms with Gasteiger partial charge in [0.05, 0.1) is 5.69 Å². The lowest BCUT2D eigenvalue weighted by Gasteiger charge is -2.08. The molecule has 8 heteroatoms. The highest BCUT2D eigenvalue weighted by Gasteiger charge is 2.14. The van der Waals surface area contributed by atoms with Crippen molar-refractivity contribution >= 4 is 17.2 Å². The molecule has 0 saturated heterocycles. The number of carbonyl (C=O) groups is 1. The Morgan fingerprint density at radius 1 is 1.00 bits per heavy atom. The molecule has 3 aromatic heterocycles. The van der Waals surface area contributed by atoms with Crippen molar-refractivity contribution in [2.24, 2.45) is 0 Å². The van der Waals surface area contributed by atoms with Crippen molar-refractivity contribution < 1.29 is 13.6 Å². The highest BCUT2D eigenvalue weighted by molar-refractivity contribution is 6.04. The van der Waals surface area contributed by atoms with Gasteiger partial charge < -0.3 is 9.73 Å². The summed E-state index contributed by atoms with van der Waals surface area (Å²) < 4.78 is 20.7. The molecule has 1 N–H and O–H groups in total. The molecule has 0 fully saturated rings. The Hall–Kier alpha value is -4.33. The van der Waals surface area contributed by atoms with E-state index in [2.05, 4.69) is 20.6 Å². The molecular weight excluding hydrogens is 397 g/mol. The van der Waals surface area contributed by atoms with Crippen LogP contribution in [0, 0.1) is 12.7 Å². The van der Waals surface area contributed by atoms with Crippen LogP contribution in [0.25, 0.3) is 28.5 Å². The van der Waals surface area contributed by atoms with Crippen LogP contribution < -0.4 is 5.32 Å². The number of hydrogen-bond donors (Lipinski definition) is 1. The third-order valence-electron chi connectivity index (χ3n) is 4.73. The molecular formula is C23H16FN5O2. The number of aromatic nitrogens is 4. The lowest BCUT2D eigenvalue weighted by Crippen LogP contribution is -2.12. The number of nitrogens with one attached hydrogen (secondary N) is 1. The SMILES string of the molecule is Cc1ccc(-c2nnc3ccc(-c4cccc(NC(=O)c5cccc(F)c5)c4)nn23)o1. The Labute approximate surface area is 176 Å². The summed E-state index contributed by atoms with van der Waals surface area (Å²) in [6, 6.07) is 20.1. The largest absolute Gasteiger partial charge is 0.458 e. The number of furan rings is 1. The highest BCUT2D eigenvalue weighted by atomic mass is 19.1. The zero-order chi connectivity index (χ0) is 21.4. The number of halogens is 1. The van der Waals surface area contributed by atoms with Crippen molar-refractivity contribution in [3.05, 3.63) is 89.9 Å². The normalized spacial score (nSPS) is 11.0. The van der Waals surface area contributed by atoms with Gasteiger partial charge in [-0.3, -0.25) is 4.79 Å². The van der Waals surface area contributed by atoms with E-state index in [1.54, 1.807) is 22.7 Å². The molecule has 0 spiro atoms. The lowest BCUT2D eigenvalue weighted by molar-refractivity contribution is 0.102. The van der Waals surface area contributed by atoms with E-state index in [9.17, 15) is 9.18 Å². The average molecular weight is 413 g/mol. The van der Waals surface area contributed by atoms with Crippen molar-refractivity contribution in [3.8, 4) is 22.8 Å². The molecule has 5 rings (SSSR count). The van der Waals surface area contributed by atoms with Gasteiger partial charge in [0.1, 0.15) is 11.6 Å². The second-order valence-electron chi connectivity index (χ2n) is 6.97. The van der Waals surface area contributed by atoms with Gasteiger partial charge >= 0.3 is 0 Å². The van der Waals surface area contributed by atoms with E-state index >= 15 is 0 Å². The second kappa shape index (κ2) is 7.49. The van der Waals surface area contributed by atoms with Crippen LogP contribution in [0.1, 0.15) is 16.1 Å². The molecule has 0 atom stereocenters. The van der Waals surface area contributed by atoms with Gasteiger partial charge in [0.2, 0.25) is 5.82 Å². The molecule has 0 unspecified atom stereocenters. The van der Waals surface area contributed by atoms with Crippen molar-refractivity contribution in [1.82, 2.24) is 19.8 Å². The predicted molar refractivity (Wildman–Crippen MR) is 113 cm³/mol. The second-order valence-corrected chi connectivity index (χ2v) is 6.97. The van der Waals surface area contributed by atoms with Gasteiger partial charge in [-0.25, -0.2) is 4.39 Å². The molecule has 31 heavy (non-hydrogen) atoms. The Morgan fingerprint density at radius 3 is 2.68 bits per heavy atom. The van der Waals surface area contributed by atoms with Crippen LogP contribution in [0.4, 0.5) is 10.1 Å². The molecule has 0 bridgehead atoms. The number of rotatable bonds is 4. The van der Waals surface area contributed by atoms with Gasteiger partial charge in [0.25, 0.3) is 5.91 Å². The van der Waals surface area contributed by atoms with Gasteiger partial charge in [-0.05, 0) is 61.5 Å². The first kappa shape index (κ1) is 18.7. The van der Waals surface area contributed by atoms with Crippen LogP contribution in [0.15, 0.2) is 77.2 Å². The maximum Gasteiger partial charge on any atom is 0.255 e. The summed E-state index contributed by atoms with van der Waals surface area (Å²) in [7, 11) is 0. The van der Waals surface area contributed by atoms with Gasteiger partial charge in [-0.15, -0.1) is 10.2 Å². The first-order valence-corrected chi connectivity index (χ1v) is 9.53. The van der Waals surface area contributed by atoms with Gasteiger partial charge in [0, 0.05) is 16.8 Å². The molecule has 1 amide bonds. The maximum atomic E-state index is 13.4. The Morgan fingerprint density at radius 2 is 1.87 bits per heavy atom. The summed E-state index contributed by atoms with van der Waals surface area (Å²) in [5.41, 5.74) is 2.85. The fourth-order valence-corrected chi connectivity index (χ4v) is 3.24. The van der Waals surface area contributed by atoms with E-state index in [-0.39, 0.29) is 5.56 Å². The highest BCUT2D eigenvalue weighted by Crippen LogP contribution is 2.24. The number of nitrogens with zero attached hydrogens (tertiary/aromatic N) is 4. The van der Waals surface area contributed by atoms with E-state index in [1.807, 2.05) is 43.3 Å². The summed E-state index contributed by atoms with van der Waals surface area (Å²) in [6.07, 6.45) is 0. The fourth-order valence-electron chi connectivity index (χ4n) is 3.24. The molecule has 0 aliphatic heterocycles. The molecule has 0 aliphatic rings. The number of anilines is 1. The first-order valence-electron chi connectivity index (χ1n) is 9.53. The minimum Gasteiger partial charge on any atom is -0.458 e. The van der Waals surface area contributed by atoms with Gasteiger partial charge in [-0.2, -0.15) is 9.61 Å². The summed E-state index contributed by atoms with van der Waals surface area (Å²) in [6.45, 7) is 1.86. The summed E-state index contributed by atoms with van der Waals surface area (Å²) >= 11 is 0. The smallest absolute Gasteiger partial charge is 0.255 e. The van der Waals surface area contributed by atoms with E-state index < -0.39 is 11.7 Å². The Bertz CT molecular complexity index is 1420. The fraction of sp³-hybridized carbons (Fsp3) is 0.0435. The van der Waals surface area contributed by atoms with Gasteiger partial charge in [0.15, 0.2) is 11.4 Å². The summed E-state index contributed by atoms with van der Waals surface area (Å²) in [5, 5.41) is 15.8. The van der Waals surface area contributed by atoms with Crippen molar-refractivity contribution in [2.45, 2.75) is 6.92 Å². The van der Waals surface area contributed by atoms with Crippen molar-refractivity contribution in [2.75, 3.05) is 5.32 Å². The molecule has 0 saturated carbocycles. The number of benzene rings is 2. The van der Waals surface area contributed by atoms with Crippen LogP contribution in [0.5, 0.6) is 0 Å². The van der Waals surface area contributed by atoms with Crippen LogP contribution >= 0.6 is 0 Å². The lowest BCUT2D eigenvalue weighted by atomic mass is 10.1. The van der Waals surface area contributed by atoms with E-state index in [0.717, 1.165) is 11.3 Å². The molecule has 5 aromatic rings. The number of amides is 1. The molecule has 0 aliphatic carbocycles. The summed E-state index contributed by atoms with van der Waals surface area (Å²) in [4.78, 5) is 12.4. The quantitative estimate of drug-likeness (QED) is 0.460. The third kappa shape index (κ3) is 3.66. The number of hydrogen-bond acceptors (Lipinski definition) is 5. The molecule has 2 aromatic carbocycles. The topological polar surface area (TPSA) is 85.3 Å². The van der Waals surface area contributed by atoms with Crippen LogP contribution in [0.3, 0.4) is 0 Å². The number of carbonyl (C=O) groups excluding carboxylic acids is 1. The zero-order valence-electron chi connectivity index (χ0n) is 16.4. The minimum absolute atomic E-state index is 0.243. The molecule has 152 valence electrons. The van der Waals surface area contributed by atoms with Crippen LogP contribution in [0.2, 0.25) is 0 Å². The van der Waals surface area contributed by atoms with Crippen LogP contribution in [-0.4, -0.2) is 25.7 Å². The standard InChI is InChI=1S/C23H16FN5O2/c1-14-8-10-20(31-14)22-27-26-21-11-9-19(28-29(21)22)15-4-3-7-18(13-15)25-23(30)16-5-2-6-17(24)12-16/h2-13H,1H3,(H,25,30). The molecule has 3 heterocycles. The van der Waals surface area contributed by atoms with Gasteiger partial charge in [-0.1, -0.05) is 18.2 Å². The minimum atomic E-state index is -0.463. The third-order valence-corrected chi connectivity index (χ3v) is 4.73. The first-order chi connectivity index (χ1) is 15.1. The number of aryl methyl sites for hydroxylation is 1. The van der Waals surface area contributed by atoms with Crippen molar-refractivity contribution in [3.63, 3.8) is 0 Å². The monoisotopic (exact) mass is 413 g/mol. The Balaban J connectivity index is 1.47. The zero-order valence-corrected chi connectivity index (χ0v) is 16.4.